The van der Waals surface area contributed by atoms with Gasteiger partial charge in [-0.15, -0.1) is 11.3 Å². The van der Waals surface area contributed by atoms with Gasteiger partial charge in [-0.25, -0.2) is 8.42 Å². The summed E-state index contributed by atoms with van der Waals surface area (Å²) >= 11 is 1.35. The molecule has 2 aliphatic heterocycles. The quantitative estimate of drug-likeness (QED) is 0.734. The van der Waals surface area contributed by atoms with Crippen LogP contribution in [-0.4, -0.2) is 73.1 Å². The summed E-state index contributed by atoms with van der Waals surface area (Å²) in [4.78, 5) is 28.7. The molecule has 3 rings (SSSR count). The van der Waals surface area contributed by atoms with Crippen molar-refractivity contribution in [3.05, 3.63) is 21.9 Å². The molecule has 1 aromatic heterocycles. The molecule has 24 heavy (non-hydrogen) atoms. The third kappa shape index (κ3) is 3.41. The van der Waals surface area contributed by atoms with Gasteiger partial charge < -0.3 is 4.90 Å². The van der Waals surface area contributed by atoms with Gasteiger partial charge in [0, 0.05) is 19.1 Å². The van der Waals surface area contributed by atoms with Gasteiger partial charge in [0.25, 0.3) is 0 Å². The Morgan fingerprint density at radius 3 is 2.58 bits per heavy atom. The minimum atomic E-state index is -3.10. The predicted molar refractivity (Wildman–Crippen MR) is 93.2 cm³/mol. The van der Waals surface area contributed by atoms with Crippen molar-refractivity contribution in [2.24, 2.45) is 0 Å². The molecule has 2 fully saturated rings. The van der Waals surface area contributed by atoms with Gasteiger partial charge in [-0.3, -0.25) is 14.5 Å². The summed E-state index contributed by atoms with van der Waals surface area (Å²) in [7, 11) is -3.10. The molecule has 2 atom stereocenters. The normalized spacial score (nSPS) is 26.3. The van der Waals surface area contributed by atoms with Gasteiger partial charge in [0.1, 0.15) is 0 Å². The molecule has 0 saturated carbocycles. The number of sulfone groups is 1. The number of hydrogen-bond donors (Lipinski definition) is 0. The number of piperazine rings is 1. The standard InChI is InChI=1S/C16H22N2O4S2/c1-3-17-4-5-18(14-10-24(21,22)9-13(14)17)16(20)7-12-6-15(11(2)19)23-8-12/h6,8,13-14H,3-5,7,9-10H2,1-2H3. The van der Waals surface area contributed by atoms with Gasteiger partial charge in [-0.1, -0.05) is 6.92 Å². The first kappa shape index (κ1) is 17.6. The minimum Gasteiger partial charge on any atom is -0.336 e. The average molecular weight is 370 g/mol. The number of likely N-dealkylation sites (N-methyl/N-ethyl adjacent to an activating group) is 1. The lowest BCUT2D eigenvalue weighted by Crippen LogP contribution is -2.60. The van der Waals surface area contributed by atoms with Crippen LogP contribution in [0.3, 0.4) is 0 Å². The number of rotatable bonds is 4. The van der Waals surface area contributed by atoms with Crippen molar-refractivity contribution in [3.8, 4) is 0 Å². The molecule has 2 aliphatic rings. The maximum atomic E-state index is 12.7. The number of Topliss-reactive ketones (excluding diaryl/α,β-unsaturated/α-hetero) is 1. The molecule has 0 radical (unpaired) electrons. The van der Waals surface area contributed by atoms with Crippen LogP contribution in [0.1, 0.15) is 29.1 Å². The van der Waals surface area contributed by atoms with E-state index in [0.29, 0.717) is 18.0 Å². The molecule has 0 N–H and O–H groups in total. The number of carbonyl (C=O) groups excluding carboxylic acids is 2. The van der Waals surface area contributed by atoms with Gasteiger partial charge in [-0.05, 0) is 30.5 Å². The van der Waals surface area contributed by atoms with E-state index in [1.807, 2.05) is 12.3 Å². The maximum absolute atomic E-state index is 12.7. The first-order valence-corrected chi connectivity index (χ1v) is 10.8. The summed E-state index contributed by atoms with van der Waals surface area (Å²) in [6.07, 6.45) is 0.221. The monoisotopic (exact) mass is 370 g/mol. The molecular weight excluding hydrogens is 348 g/mol. The van der Waals surface area contributed by atoms with Gasteiger partial charge in [0.05, 0.1) is 28.8 Å². The number of nitrogens with zero attached hydrogens (tertiary/aromatic N) is 2. The first-order valence-electron chi connectivity index (χ1n) is 8.13. The second-order valence-corrected chi connectivity index (χ2v) is 9.54. The molecule has 0 aromatic carbocycles. The van der Waals surface area contributed by atoms with Crippen LogP contribution in [0, 0.1) is 0 Å². The molecule has 2 saturated heterocycles. The number of fused-ring (bicyclic) bond motifs is 1. The van der Waals surface area contributed by atoms with E-state index < -0.39 is 9.84 Å². The molecule has 1 aromatic rings. The lowest BCUT2D eigenvalue weighted by atomic mass is 10.0. The van der Waals surface area contributed by atoms with Gasteiger partial charge in [-0.2, -0.15) is 0 Å². The van der Waals surface area contributed by atoms with E-state index in [-0.39, 0.29) is 41.7 Å². The third-order valence-electron chi connectivity index (χ3n) is 4.87. The highest BCUT2D eigenvalue weighted by atomic mass is 32.2. The van der Waals surface area contributed by atoms with E-state index in [1.165, 1.54) is 18.3 Å². The summed E-state index contributed by atoms with van der Waals surface area (Å²) in [5.74, 6) is 0.146. The molecule has 1 amide bonds. The van der Waals surface area contributed by atoms with E-state index in [4.69, 9.17) is 0 Å². The van der Waals surface area contributed by atoms with Crippen LogP contribution in [-0.2, 0) is 21.1 Å². The number of ketones is 1. The minimum absolute atomic E-state index is 0.00258. The second-order valence-electron chi connectivity index (χ2n) is 6.48. The smallest absolute Gasteiger partial charge is 0.227 e. The Morgan fingerprint density at radius 1 is 1.25 bits per heavy atom. The lowest BCUT2D eigenvalue weighted by molar-refractivity contribution is -0.136. The largest absolute Gasteiger partial charge is 0.336 e. The highest BCUT2D eigenvalue weighted by molar-refractivity contribution is 7.91. The van der Waals surface area contributed by atoms with Gasteiger partial charge >= 0.3 is 0 Å². The Morgan fingerprint density at radius 2 is 1.96 bits per heavy atom. The summed E-state index contributed by atoms with van der Waals surface area (Å²) in [6, 6.07) is 1.42. The summed E-state index contributed by atoms with van der Waals surface area (Å²) < 4.78 is 24.1. The molecule has 3 heterocycles. The molecular formula is C16H22N2O4S2. The Hall–Kier alpha value is -1.25. The third-order valence-corrected chi connectivity index (χ3v) is 7.65. The van der Waals surface area contributed by atoms with Crippen LogP contribution in [0.5, 0.6) is 0 Å². The Balaban J connectivity index is 1.75. The fraction of sp³-hybridized carbons (Fsp3) is 0.625. The topological polar surface area (TPSA) is 74.8 Å². The fourth-order valence-electron chi connectivity index (χ4n) is 3.66. The SMILES string of the molecule is CCN1CCN(C(=O)Cc2csc(C(C)=O)c2)C2CS(=O)(=O)CC21. The van der Waals surface area contributed by atoms with Gasteiger partial charge in [0.2, 0.25) is 5.91 Å². The van der Waals surface area contributed by atoms with Crippen LogP contribution < -0.4 is 0 Å². The van der Waals surface area contributed by atoms with E-state index >= 15 is 0 Å². The van der Waals surface area contributed by atoms with Crippen LogP contribution in [0.15, 0.2) is 11.4 Å². The second kappa shape index (κ2) is 6.57. The predicted octanol–water partition coefficient (Wildman–Crippen LogP) is 0.823. The lowest BCUT2D eigenvalue weighted by Gasteiger charge is -2.43. The van der Waals surface area contributed by atoms with Crippen molar-refractivity contribution in [2.75, 3.05) is 31.1 Å². The maximum Gasteiger partial charge on any atom is 0.227 e. The number of carbonyl (C=O) groups is 2. The highest BCUT2D eigenvalue weighted by Gasteiger charge is 2.47. The summed E-state index contributed by atoms with van der Waals surface area (Å²) in [6.45, 7) is 5.60. The zero-order chi connectivity index (χ0) is 17.5. The van der Waals surface area contributed by atoms with Crippen molar-refractivity contribution in [3.63, 3.8) is 0 Å². The van der Waals surface area contributed by atoms with E-state index in [0.717, 1.165) is 12.1 Å². The van der Waals surface area contributed by atoms with E-state index in [9.17, 15) is 18.0 Å². The van der Waals surface area contributed by atoms with E-state index in [1.54, 1.807) is 11.0 Å². The Kier molecular flexibility index (Phi) is 4.81. The highest BCUT2D eigenvalue weighted by Crippen LogP contribution is 2.27. The Bertz CT molecular complexity index is 756. The fourth-order valence-corrected chi connectivity index (χ4v) is 6.48. The zero-order valence-electron chi connectivity index (χ0n) is 13.9. The number of hydrogen-bond acceptors (Lipinski definition) is 6. The first-order chi connectivity index (χ1) is 11.3. The molecule has 0 spiro atoms. The molecule has 132 valence electrons. The summed E-state index contributed by atoms with van der Waals surface area (Å²) in [5, 5.41) is 1.83. The van der Waals surface area contributed by atoms with Gasteiger partial charge in [0.15, 0.2) is 15.6 Å². The van der Waals surface area contributed by atoms with Crippen molar-refractivity contribution in [2.45, 2.75) is 32.4 Å². The van der Waals surface area contributed by atoms with E-state index in [2.05, 4.69) is 4.90 Å². The van der Waals surface area contributed by atoms with Crippen LogP contribution >= 0.6 is 11.3 Å². The summed E-state index contributed by atoms with van der Waals surface area (Å²) in [5.41, 5.74) is 0.825. The van der Waals surface area contributed by atoms with Crippen molar-refractivity contribution in [1.82, 2.24) is 9.80 Å². The number of amides is 1. The Labute approximate surface area is 146 Å². The van der Waals surface area contributed by atoms with Crippen molar-refractivity contribution >= 4 is 32.9 Å². The molecule has 0 aliphatic carbocycles. The van der Waals surface area contributed by atoms with Crippen molar-refractivity contribution in [1.29, 1.82) is 0 Å². The van der Waals surface area contributed by atoms with Crippen LogP contribution in [0.2, 0.25) is 0 Å². The van der Waals surface area contributed by atoms with Crippen molar-refractivity contribution < 1.29 is 18.0 Å². The molecule has 0 bridgehead atoms. The molecule has 8 heteroatoms. The molecule has 6 nitrogen and oxygen atoms in total. The average Bonchev–Trinajstić information content (AvgIpc) is 3.08. The number of thiophene rings is 1. The zero-order valence-corrected chi connectivity index (χ0v) is 15.5. The molecule has 2 unspecified atom stereocenters. The van der Waals surface area contributed by atoms with Crippen LogP contribution in [0.25, 0.3) is 0 Å². The van der Waals surface area contributed by atoms with Crippen LogP contribution in [0.4, 0.5) is 0 Å².